The monoisotopic (exact) mass is 239 g/mol. The fraction of sp³-hybridized carbons (Fsp3) is 0.625. The van der Waals surface area contributed by atoms with Gasteiger partial charge in [0.15, 0.2) is 0 Å². The van der Waals surface area contributed by atoms with Gasteiger partial charge in [0, 0.05) is 26.2 Å². The van der Waals surface area contributed by atoms with E-state index in [2.05, 4.69) is 31.3 Å². The molecule has 0 saturated carbocycles. The van der Waals surface area contributed by atoms with Crippen molar-refractivity contribution in [2.75, 3.05) is 32.7 Å². The summed E-state index contributed by atoms with van der Waals surface area (Å²) in [6, 6.07) is 0. The summed E-state index contributed by atoms with van der Waals surface area (Å²) in [4.78, 5) is 24.8. The van der Waals surface area contributed by atoms with Gasteiger partial charge in [0.1, 0.15) is 0 Å². The number of nitrogens with zero attached hydrogens (tertiary/aromatic N) is 4. The van der Waals surface area contributed by atoms with Crippen LogP contribution in [0.4, 0.5) is 0 Å². The number of nitrogens with one attached hydrogen (secondary N) is 3. The highest BCUT2D eigenvalue weighted by atomic mass is 16.2. The Hall–Kier alpha value is -2.03. The smallest absolute Gasteiger partial charge is 0.293 e. The highest BCUT2D eigenvalue weighted by Gasteiger charge is 2.18. The third-order valence-corrected chi connectivity index (χ3v) is 2.42. The zero-order chi connectivity index (χ0) is 12.1. The SMILES string of the molecule is O=C(NCC(=O)N1CCNCC1)c1nn[nH]n1. The van der Waals surface area contributed by atoms with Crippen molar-refractivity contribution in [1.82, 2.24) is 36.2 Å². The first-order valence-electron chi connectivity index (χ1n) is 5.27. The molecule has 1 saturated heterocycles. The van der Waals surface area contributed by atoms with Crippen molar-refractivity contribution in [3.63, 3.8) is 0 Å². The fourth-order valence-electron chi connectivity index (χ4n) is 1.52. The third-order valence-electron chi connectivity index (χ3n) is 2.42. The van der Waals surface area contributed by atoms with Crippen molar-refractivity contribution >= 4 is 11.8 Å². The number of piperazine rings is 1. The molecule has 1 aromatic rings. The molecule has 2 rings (SSSR count). The first-order chi connectivity index (χ1) is 8.27. The summed E-state index contributed by atoms with van der Waals surface area (Å²) in [6.07, 6.45) is 0. The van der Waals surface area contributed by atoms with Crippen molar-refractivity contribution in [2.45, 2.75) is 0 Å². The molecule has 1 aliphatic rings. The first kappa shape index (κ1) is 11.5. The number of hydrogen-bond acceptors (Lipinski definition) is 6. The van der Waals surface area contributed by atoms with Crippen molar-refractivity contribution in [2.24, 2.45) is 0 Å². The molecule has 0 bridgehead atoms. The van der Waals surface area contributed by atoms with Gasteiger partial charge >= 0.3 is 0 Å². The number of H-pyrrole nitrogens is 1. The number of rotatable bonds is 3. The number of carbonyl (C=O) groups excluding carboxylic acids is 2. The van der Waals surface area contributed by atoms with Crippen LogP contribution in [-0.4, -0.2) is 70.1 Å². The summed E-state index contributed by atoms with van der Waals surface area (Å²) < 4.78 is 0. The average Bonchev–Trinajstić information content (AvgIpc) is 2.90. The predicted octanol–water partition coefficient (Wildman–Crippen LogP) is -2.64. The summed E-state index contributed by atoms with van der Waals surface area (Å²) in [5, 5.41) is 18.0. The van der Waals surface area contributed by atoms with E-state index in [1.165, 1.54) is 0 Å². The van der Waals surface area contributed by atoms with E-state index in [4.69, 9.17) is 0 Å². The Labute approximate surface area is 96.9 Å². The van der Waals surface area contributed by atoms with Crippen LogP contribution in [0.2, 0.25) is 0 Å². The molecule has 92 valence electrons. The summed E-state index contributed by atoms with van der Waals surface area (Å²) >= 11 is 0. The fourth-order valence-corrected chi connectivity index (χ4v) is 1.52. The van der Waals surface area contributed by atoms with Crippen molar-refractivity contribution in [1.29, 1.82) is 0 Å². The molecule has 0 aliphatic carbocycles. The van der Waals surface area contributed by atoms with E-state index in [9.17, 15) is 9.59 Å². The van der Waals surface area contributed by atoms with Gasteiger partial charge in [-0.2, -0.15) is 5.21 Å². The van der Waals surface area contributed by atoms with Crippen molar-refractivity contribution < 1.29 is 9.59 Å². The zero-order valence-corrected chi connectivity index (χ0v) is 9.14. The Morgan fingerprint density at radius 1 is 1.35 bits per heavy atom. The first-order valence-corrected chi connectivity index (χ1v) is 5.27. The van der Waals surface area contributed by atoms with Crippen molar-refractivity contribution in [3.05, 3.63) is 5.82 Å². The number of aromatic nitrogens is 4. The van der Waals surface area contributed by atoms with Crippen LogP contribution in [0.5, 0.6) is 0 Å². The maximum Gasteiger partial charge on any atom is 0.293 e. The lowest BCUT2D eigenvalue weighted by Gasteiger charge is -2.27. The highest BCUT2D eigenvalue weighted by molar-refractivity contribution is 5.93. The maximum absolute atomic E-state index is 11.7. The molecule has 1 fully saturated rings. The van der Waals surface area contributed by atoms with Gasteiger partial charge in [0.05, 0.1) is 6.54 Å². The van der Waals surface area contributed by atoms with Gasteiger partial charge in [-0.05, 0) is 5.21 Å². The van der Waals surface area contributed by atoms with Crippen LogP contribution >= 0.6 is 0 Å². The molecule has 0 unspecified atom stereocenters. The number of tetrazole rings is 1. The minimum Gasteiger partial charge on any atom is -0.340 e. The highest BCUT2D eigenvalue weighted by Crippen LogP contribution is 1.92. The topological polar surface area (TPSA) is 116 Å². The zero-order valence-electron chi connectivity index (χ0n) is 9.14. The quantitative estimate of drug-likeness (QED) is 0.531. The molecule has 0 atom stereocenters. The van der Waals surface area contributed by atoms with Gasteiger partial charge < -0.3 is 15.5 Å². The number of carbonyl (C=O) groups is 2. The predicted molar refractivity (Wildman–Crippen MR) is 56.0 cm³/mol. The number of hydrogen-bond donors (Lipinski definition) is 3. The molecule has 0 aromatic carbocycles. The molecule has 2 amide bonds. The average molecular weight is 239 g/mol. The van der Waals surface area contributed by atoms with Crippen molar-refractivity contribution in [3.8, 4) is 0 Å². The molecule has 1 aromatic heterocycles. The minimum atomic E-state index is -0.512. The second-order valence-electron chi connectivity index (χ2n) is 3.55. The van der Waals surface area contributed by atoms with Crippen LogP contribution in [-0.2, 0) is 4.79 Å². The molecule has 9 nitrogen and oxygen atoms in total. The molecule has 0 radical (unpaired) electrons. The lowest BCUT2D eigenvalue weighted by Crippen LogP contribution is -2.49. The molecular formula is C8H13N7O2. The third kappa shape index (κ3) is 2.97. The molecule has 0 spiro atoms. The van der Waals surface area contributed by atoms with Gasteiger partial charge in [-0.15, -0.1) is 10.2 Å². The minimum absolute atomic E-state index is 0.0482. The Morgan fingerprint density at radius 2 is 2.12 bits per heavy atom. The maximum atomic E-state index is 11.7. The van der Waals surface area contributed by atoms with Crippen LogP contribution in [0.15, 0.2) is 0 Å². The van der Waals surface area contributed by atoms with Crippen LogP contribution in [0.3, 0.4) is 0 Å². The normalized spacial score (nSPS) is 15.6. The molecule has 17 heavy (non-hydrogen) atoms. The van der Waals surface area contributed by atoms with Crippen LogP contribution < -0.4 is 10.6 Å². The van der Waals surface area contributed by atoms with E-state index in [1.54, 1.807) is 4.90 Å². The van der Waals surface area contributed by atoms with E-state index < -0.39 is 5.91 Å². The lowest BCUT2D eigenvalue weighted by molar-refractivity contribution is -0.130. The molecule has 2 heterocycles. The van der Waals surface area contributed by atoms with E-state index in [0.717, 1.165) is 13.1 Å². The Bertz CT molecular complexity index is 385. The van der Waals surface area contributed by atoms with Gasteiger partial charge in [-0.1, -0.05) is 0 Å². The molecule has 3 N–H and O–H groups in total. The van der Waals surface area contributed by atoms with Crippen LogP contribution in [0.25, 0.3) is 0 Å². The van der Waals surface area contributed by atoms with Crippen LogP contribution in [0.1, 0.15) is 10.6 Å². The lowest BCUT2D eigenvalue weighted by atomic mass is 10.3. The largest absolute Gasteiger partial charge is 0.340 e. The van der Waals surface area contributed by atoms with Gasteiger partial charge in [0.25, 0.3) is 11.7 Å². The number of aromatic amines is 1. The molecular weight excluding hydrogens is 226 g/mol. The van der Waals surface area contributed by atoms with Gasteiger partial charge in [-0.25, -0.2) is 0 Å². The van der Waals surface area contributed by atoms with Gasteiger partial charge in [-0.3, -0.25) is 9.59 Å². The Balaban J connectivity index is 1.77. The molecule has 9 heteroatoms. The van der Waals surface area contributed by atoms with E-state index in [1.807, 2.05) is 0 Å². The summed E-state index contributed by atoms with van der Waals surface area (Å²) in [5.41, 5.74) is 0. The summed E-state index contributed by atoms with van der Waals surface area (Å²) in [5.74, 6) is -0.691. The summed E-state index contributed by atoms with van der Waals surface area (Å²) in [7, 11) is 0. The summed E-state index contributed by atoms with van der Waals surface area (Å²) in [6.45, 7) is 2.84. The number of amides is 2. The van der Waals surface area contributed by atoms with E-state index in [-0.39, 0.29) is 18.3 Å². The second kappa shape index (κ2) is 5.34. The Kier molecular flexibility index (Phi) is 3.60. The van der Waals surface area contributed by atoms with E-state index in [0.29, 0.717) is 13.1 Å². The molecule has 1 aliphatic heterocycles. The standard InChI is InChI=1S/C8H13N7O2/c16-6(15-3-1-9-2-4-15)5-10-8(17)7-11-13-14-12-7/h9H,1-5H2,(H,10,17)(H,11,12,13,14). The van der Waals surface area contributed by atoms with Crippen LogP contribution in [0, 0.1) is 0 Å². The Morgan fingerprint density at radius 3 is 2.76 bits per heavy atom. The van der Waals surface area contributed by atoms with E-state index >= 15 is 0 Å². The second-order valence-corrected chi connectivity index (χ2v) is 3.55. The van der Waals surface area contributed by atoms with Gasteiger partial charge in [0.2, 0.25) is 5.91 Å².